The molecule has 3 aromatic rings. The number of hydrogen-bond donors (Lipinski definition) is 0. The fourth-order valence-electron chi connectivity index (χ4n) is 2.66. The summed E-state index contributed by atoms with van der Waals surface area (Å²) in [4.78, 5) is 4.22. The molecule has 5 nitrogen and oxygen atoms in total. The number of nitriles is 1. The van der Waals surface area contributed by atoms with Crippen LogP contribution in [0.1, 0.15) is 17.9 Å². The molecule has 1 heterocycles. The molecule has 26 heavy (non-hydrogen) atoms. The van der Waals surface area contributed by atoms with Gasteiger partial charge in [-0.2, -0.15) is 14.0 Å². The molecule has 0 fully saturated rings. The van der Waals surface area contributed by atoms with Gasteiger partial charge in [-0.1, -0.05) is 12.1 Å². The maximum absolute atomic E-state index is 13.6. The van der Waals surface area contributed by atoms with E-state index in [4.69, 9.17) is 9.47 Å². The van der Waals surface area contributed by atoms with Crippen molar-refractivity contribution >= 4 is 22.7 Å². The number of hydrogen-bond acceptors (Lipinski definition) is 4. The molecule has 2 aromatic carbocycles. The lowest BCUT2D eigenvalue weighted by Crippen LogP contribution is -2.03. The van der Waals surface area contributed by atoms with Crippen molar-refractivity contribution < 1.29 is 18.3 Å². The summed E-state index contributed by atoms with van der Waals surface area (Å²) in [6.45, 7) is -2.83. The average Bonchev–Trinajstić information content (AvgIpc) is 3.05. The number of rotatable bonds is 5. The highest BCUT2D eigenvalue weighted by Crippen LogP contribution is 2.30. The minimum Gasteiger partial charge on any atom is -0.497 e. The molecule has 0 bridgehead atoms. The fraction of sp³-hybridized carbons (Fsp3) is 0.158. The summed E-state index contributed by atoms with van der Waals surface area (Å²) in [5.41, 5.74) is 1.25. The van der Waals surface area contributed by atoms with Crippen molar-refractivity contribution in [2.75, 3.05) is 14.2 Å². The third-order valence-corrected chi connectivity index (χ3v) is 3.84. The number of methoxy groups -OCH3 is 2. The van der Waals surface area contributed by atoms with Gasteiger partial charge in [-0.25, -0.2) is 4.98 Å². The predicted octanol–water partition coefficient (Wildman–Crippen LogP) is 4.51. The molecule has 0 amide bonds. The van der Waals surface area contributed by atoms with Crippen LogP contribution in [0, 0.1) is 11.3 Å². The molecule has 0 saturated heterocycles. The Hall–Kier alpha value is -3.40. The Morgan fingerprint density at radius 1 is 1.15 bits per heavy atom. The average molecular weight is 355 g/mol. The molecular formula is C19H15F2N3O2. The number of alkyl halides is 2. The van der Waals surface area contributed by atoms with Gasteiger partial charge in [0.15, 0.2) is 5.82 Å². The molecule has 0 unspecified atom stereocenters. The zero-order valence-corrected chi connectivity index (χ0v) is 14.1. The SMILES string of the molecule is COc1cc(C=C(C#N)c2nc3ccccc3n2C(F)F)cc(OC)c1. The van der Waals surface area contributed by atoms with Crippen LogP contribution in [-0.4, -0.2) is 23.8 Å². The van der Waals surface area contributed by atoms with E-state index in [0.717, 1.165) is 4.57 Å². The highest BCUT2D eigenvalue weighted by atomic mass is 19.3. The van der Waals surface area contributed by atoms with Crippen LogP contribution in [0.5, 0.6) is 11.5 Å². The Balaban J connectivity index is 2.19. The summed E-state index contributed by atoms with van der Waals surface area (Å²) in [5.74, 6) is 0.955. The maximum Gasteiger partial charge on any atom is 0.320 e. The number of aromatic nitrogens is 2. The van der Waals surface area contributed by atoms with Gasteiger partial charge in [-0.3, -0.25) is 4.57 Å². The van der Waals surface area contributed by atoms with Gasteiger partial charge in [0.1, 0.15) is 17.6 Å². The summed E-state index contributed by atoms with van der Waals surface area (Å²) in [5, 5.41) is 9.55. The Kier molecular flexibility index (Phi) is 4.85. The second kappa shape index (κ2) is 7.23. The minimum absolute atomic E-state index is 0.0109. The van der Waals surface area contributed by atoms with Crippen LogP contribution < -0.4 is 9.47 Å². The monoisotopic (exact) mass is 355 g/mol. The highest BCUT2D eigenvalue weighted by Gasteiger charge is 2.20. The van der Waals surface area contributed by atoms with Crippen molar-refractivity contribution in [2.24, 2.45) is 0 Å². The molecule has 0 N–H and O–H groups in total. The van der Waals surface area contributed by atoms with Crippen molar-refractivity contribution in [2.45, 2.75) is 6.55 Å². The second-order valence-electron chi connectivity index (χ2n) is 5.39. The number of nitrogens with zero attached hydrogens (tertiary/aromatic N) is 3. The first kappa shape index (κ1) is 17.4. The van der Waals surface area contributed by atoms with E-state index in [-0.39, 0.29) is 16.9 Å². The fourth-order valence-corrected chi connectivity index (χ4v) is 2.66. The van der Waals surface area contributed by atoms with Crippen LogP contribution in [0.3, 0.4) is 0 Å². The van der Waals surface area contributed by atoms with E-state index in [1.807, 2.05) is 6.07 Å². The number of fused-ring (bicyclic) bond motifs is 1. The second-order valence-corrected chi connectivity index (χ2v) is 5.39. The van der Waals surface area contributed by atoms with Crippen molar-refractivity contribution in [3.8, 4) is 17.6 Å². The predicted molar refractivity (Wildman–Crippen MR) is 94.0 cm³/mol. The number of para-hydroxylation sites is 2. The van der Waals surface area contributed by atoms with Gasteiger partial charge in [0, 0.05) is 6.07 Å². The van der Waals surface area contributed by atoms with Crippen molar-refractivity contribution in [3.05, 3.63) is 53.9 Å². The first-order valence-corrected chi connectivity index (χ1v) is 7.67. The molecule has 0 atom stereocenters. The van der Waals surface area contributed by atoms with Gasteiger partial charge in [-0.05, 0) is 35.9 Å². The van der Waals surface area contributed by atoms with Crippen LogP contribution in [0.15, 0.2) is 42.5 Å². The van der Waals surface area contributed by atoms with Crippen LogP contribution in [0.4, 0.5) is 8.78 Å². The quantitative estimate of drug-likeness (QED) is 0.632. The molecule has 0 radical (unpaired) electrons. The normalized spacial score (nSPS) is 11.6. The Labute approximate surface area is 148 Å². The number of halogens is 2. The lowest BCUT2D eigenvalue weighted by atomic mass is 10.1. The van der Waals surface area contributed by atoms with E-state index in [0.29, 0.717) is 22.6 Å². The van der Waals surface area contributed by atoms with Gasteiger partial charge in [0.05, 0.1) is 30.8 Å². The van der Waals surface area contributed by atoms with E-state index in [9.17, 15) is 14.0 Å². The third-order valence-electron chi connectivity index (χ3n) is 3.84. The first-order chi connectivity index (χ1) is 12.6. The summed E-state index contributed by atoms with van der Waals surface area (Å²) in [7, 11) is 3.01. The molecule has 0 aliphatic rings. The smallest absolute Gasteiger partial charge is 0.320 e. The Bertz CT molecular complexity index is 997. The van der Waals surface area contributed by atoms with Crippen molar-refractivity contribution in [1.29, 1.82) is 5.26 Å². The van der Waals surface area contributed by atoms with Crippen LogP contribution in [0.25, 0.3) is 22.7 Å². The molecule has 3 rings (SSSR count). The van der Waals surface area contributed by atoms with Crippen LogP contribution in [-0.2, 0) is 0 Å². The van der Waals surface area contributed by atoms with Gasteiger partial charge < -0.3 is 9.47 Å². The van der Waals surface area contributed by atoms with Gasteiger partial charge in [0.25, 0.3) is 0 Å². The van der Waals surface area contributed by atoms with E-state index in [1.54, 1.807) is 42.5 Å². The highest BCUT2D eigenvalue weighted by molar-refractivity contribution is 5.91. The topological polar surface area (TPSA) is 60.1 Å². The van der Waals surface area contributed by atoms with E-state index in [2.05, 4.69) is 4.98 Å². The number of ether oxygens (including phenoxy) is 2. The largest absolute Gasteiger partial charge is 0.497 e. The lowest BCUT2D eigenvalue weighted by molar-refractivity contribution is 0.0738. The van der Waals surface area contributed by atoms with Gasteiger partial charge >= 0.3 is 6.55 Å². The zero-order chi connectivity index (χ0) is 18.7. The first-order valence-electron chi connectivity index (χ1n) is 7.67. The molecule has 7 heteroatoms. The summed E-state index contributed by atoms with van der Waals surface area (Å²) < 4.78 is 38.4. The van der Waals surface area contributed by atoms with E-state index >= 15 is 0 Å². The maximum atomic E-state index is 13.6. The number of allylic oxidation sites excluding steroid dienone is 1. The Morgan fingerprint density at radius 3 is 2.38 bits per heavy atom. The van der Waals surface area contributed by atoms with Gasteiger partial charge in [-0.15, -0.1) is 0 Å². The molecule has 0 saturated carbocycles. The van der Waals surface area contributed by atoms with Crippen LogP contribution in [0.2, 0.25) is 0 Å². The van der Waals surface area contributed by atoms with Crippen molar-refractivity contribution in [3.63, 3.8) is 0 Å². The summed E-state index contributed by atoms with van der Waals surface area (Å²) in [6.07, 6.45) is 1.48. The summed E-state index contributed by atoms with van der Waals surface area (Å²) >= 11 is 0. The van der Waals surface area contributed by atoms with Crippen molar-refractivity contribution in [1.82, 2.24) is 9.55 Å². The summed E-state index contributed by atoms with van der Waals surface area (Å²) in [6, 6.07) is 13.5. The molecule has 0 aliphatic heterocycles. The van der Waals surface area contributed by atoms with Gasteiger partial charge in [0.2, 0.25) is 0 Å². The standard InChI is InChI=1S/C19H15F2N3O2/c1-25-14-8-12(9-15(10-14)26-2)7-13(11-22)18-23-16-5-3-4-6-17(16)24(18)19(20)21/h3-10,19H,1-2H3. The number of imidazole rings is 1. The van der Waals surface area contributed by atoms with E-state index < -0.39 is 6.55 Å². The third kappa shape index (κ3) is 3.22. The molecule has 132 valence electrons. The Morgan fingerprint density at radius 2 is 1.81 bits per heavy atom. The zero-order valence-electron chi connectivity index (χ0n) is 14.1. The molecule has 1 aromatic heterocycles. The minimum atomic E-state index is -2.83. The van der Waals surface area contributed by atoms with Crippen LogP contribution >= 0.6 is 0 Å². The lowest BCUT2D eigenvalue weighted by Gasteiger charge is -2.08. The van der Waals surface area contributed by atoms with E-state index in [1.165, 1.54) is 20.3 Å². The molecule has 0 aliphatic carbocycles. The molecular weight excluding hydrogens is 340 g/mol. The number of benzene rings is 2. The molecule has 0 spiro atoms.